The summed E-state index contributed by atoms with van der Waals surface area (Å²) in [4.78, 5) is 0. The first-order chi connectivity index (χ1) is 21.2. The van der Waals surface area contributed by atoms with Gasteiger partial charge in [-0.25, -0.2) is 0 Å². The summed E-state index contributed by atoms with van der Waals surface area (Å²) in [5.74, 6) is 4.02. The number of rotatable bonds is 0. The van der Waals surface area contributed by atoms with E-state index in [0.717, 1.165) is 23.0 Å². The van der Waals surface area contributed by atoms with Crippen LogP contribution in [-0.4, -0.2) is 0 Å². The summed E-state index contributed by atoms with van der Waals surface area (Å²) in [6.07, 6.45) is 0. The van der Waals surface area contributed by atoms with Gasteiger partial charge < -0.3 is 0 Å². The maximum absolute atomic E-state index is 2.52. The van der Waals surface area contributed by atoms with Crippen molar-refractivity contribution in [1.29, 1.82) is 0 Å². The van der Waals surface area contributed by atoms with Crippen molar-refractivity contribution in [2.24, 2.45) is 0 Å². The highest BCUT2D eigenvalue weighted by Gasteiger charge is 2.11. The molecule has 6 aromatic carbocycles. The third kappa shape index (κ3) is 6.64. The van der Waals surface area contributed by atoms with E-state index in [-0.39, 0.29) is 0 Å². The Morgan fingerprint density at radius 2 is 0.674 bits per heavy atom. The van der Waals surface area contributed by atoms with Crippen molar-refractivity contribution < 1.29 is 0 Å². The van der Waals surface area contributed by atoms with E-state index in [1.165, 1.54) is 70.3 Å². The molecule has 0 radical (unpaired) electrons. The molecule has 7 heterocycles. The van der Waals surface area contributed by atoms with E-state index in [1.807, 2.05) is 23.5 Å². The summed E-state index contributed by atoms with van der Waals surface area (Å²) in [6.45, 7) is 0. The van der Waals surface area contributed by atoms with Crippen molar-refractivity contribution in [2.75, 3.05) is 0 Å². The van der Waals surface area contributed by atoms with Crippen molar-refractivity contribution in [3.05, 3.63) is 165 Å². The van der Waals surface area contributed by atoms with E-state index in [1.54, 1.807) is 0 Å². The summed E-state index contributed by atoms with van der Waals surface area (Å²) in [7, 11) is 0. The molecule has 6 aromatic rings. The molecule has 0 N–H and O–H groups in total. The van der Waals surface area contributed by atoms with Crippen LogP contribution in [0.15, 0.2) is 140 Å². The molecule has 13 rings (SSSR count). The lowest BCUT2D eigenvalue weighted by Gasteiger charge is -2.12. The van der Waals surface area contributed by atoms with Gasteiger partial charge in [-0.15, -0.1) is 0 Å². The van der Waals surface area contributed by atoms with Gasteiger partial charge in [0.05, 0.1) is 0 Å². The number of thioether (sulfide) groups is 2. The van der Waals surface area contributed by atoms with Gasteiger partial charge in [-0.2, -0.15) is 23.5 Å². The fourth-order valence-corrected chi connectivity index (χ4v) is 8.48. The summed E-state index contributed by atoms with van der Waals surface area (Å²) in [5, 5.41) is 0. The summed E-state index contributed by atoms with van der Waals surface area (Å²) < 4.78 is 1.30. The molecule has 0 fully saturated rings. The zero-order valence-corrected chi connectivity index (χ0v) is 27.6. The first kappa shape index (κ1) is 28.5. The minimum Gasteiger partial charge on any atom is -0.152 e. The van der Waals surface area contributed by atoms with Crippen LogP contribution in [0, 0.1) is 3.57 Å². The lowest BCUT2D eigenvalue weighted by atomic mass is 9.98. The molecule has 0 saturated carbocycles. The Labute approximate surface area is 277 Å². The predicted octanol–water partition coefficient (Wildman–Crippen LogP) is 12.1. The Morgan fingerprint density at radius 1 is 0.349 bits per heavy atom. The first-order valence-corrected chi connectivity index (χ1v) is 18.0. The standard InChI is InChI=1S/C40H31IS2/c41-40-38-5-2-6-39(40)35-21-13-31(14-22-35)27-43-25-29-9-17-33(18-10-29)37-4-1-3-36(23-37)32-15-7-28(8-16-32)24-42-26-30-11-19-34(38)20-12-30/h1-23H,24-27H2. The van der Waals surface area contributed by atoms with Gasteiger partial charge in [-0.05, 0) is 95.4 Å². The van der Waals surface area contributed by atoms with E-state index < -0.39 is 0 Å². The van der Waals surface area contributed by atoms with E-state index >= 15 is 0 Å². The van der Waals surface area contributed by atoms with Gasteiger partial charge >= 0.3 is 0 Å². The highest BCUT2D eigenvalue weighted by molar-refractivity contribution is 14.1. The Kier molecular flexibility index (Phi) is 8.73. The first-order valence-electron chi connectivity index (χ1n) is 14.6. The highest BCUT2D eigenvalue weighted by atomic mass is 127. The minimum atomic E-state index is 1.00. The van der Waals surface area contributed by atoms with Crippen molar-refractivity contribution >= 4 is 46.1 Å². The molecule has 0 spiro atoms. The molecule has 43 heavy (non-hydrogen) atoms. The smallest absolute Gasteiger partial charge is 0.0287 e. The molecule has 12 bridgehead atoms. The largest absolute Gasteiger partial charge is 0.152 e. The van der Waals surface area contributed by atoms with Crippen molar-refractivity contribution in [1.82, 2.24) is 0 Å². The van der Waals surface area contributed by atoms with Gasteiger partial charge in [0.2, 0.25) is 0 Å². The fourth-order valence-electron chi connectivity index (χ4n) is 5.58. The third-order valence-corrected chi connectivity index (χ3v) is 11.4. The average Bonchev–Trinajstić information content (AvgIpc) is 3.06. The second kappa shape index (κ2) is 13.2. The Bertz CT molecular complexity index is 1710. The van der Waals surface area contributed by atoms with Crippen LogP contribution in [0.3, 0.4) is 0 Å². The number of halogens is 1. The molecule has 0 saturated heterocycles. The molecular weight excluding hydrogens is 671 g/mol. The van der Waals surface area contributed by atoms with Crippen LogP contribution in [0.5, 0.6) is 0 Å². The van der Waals surface area contributed by atoms with Gasteiger partial charge in [0.15, 0.2) is 0 Å². The minimum absolute atomic E-state index is 1.00. The van der Waals surface area contributed by atoms with Crippen LogP contribution >= 0.6 is 46.1 Å². The van der Waals surface area contributed by atoms with E-state index in [0.29, 0.717) is 0 Å². The Hall–Kier alpha value is -3.25. The van der Waals surface area contributed by atoms with E-state index in [9.17, 15) is 0 Å². The molecule has 0 amide bonds. The van der Waals surface area contributed by atoms with Gasteiger partial charge in [0.1, 0.15) is 0 Å². The predicted molar refractivity (Wildman–Crippen MR) is 197 cm³/mol. The monoisotopic (exact) mass is 702 g/mol. The molecule has 3 heteroatoms. The Morgan fingerprint density at radius 3 is 1.05 bits per heavy atom. The number of hydrogen-bond donors (Lipinski definition) is 0. The van der Waals surface area contributed by atoms with Gasteiger partial charge in [0.25, 0.3) is 0 Å². The second-order valence-corrected chi connectivity index (χ2v) is 14.1. The quantitative estimate of drug-likeness (QED) is 0.145. The summed E-state index contributed by atoms with van der Waals surface area (Å²) >= 11 is 6.47. The Balaban J connectivity index is 1.19. The fraction of sp³-hybridized carbons (Fsp3) is 0.100. The van der Waals surface area contributed by atoms with Gasteiger partial charge in [-0.3, -0.25) is 0 Å². The average molecular weight is 703 g/mol. The zero-order chi connectivity index (χ0) is 29.0. The number of hydrogen-bond acceptors (Lipinski definition) is 2. The van der Waals surface area contributed by atoms with Gasteiger partial charge in [-0.1, -0.05) is 133 Å². The highest BCUT2D eigenvalue weighted by Crippen LogP contribution is 2.35. The van der Waals surface area contributed by atoms with E-state index in [4.69, 9.17) is 0 Å². The van der Waals surface area contributed by atoms with Crippen LogP contribution in [0.4, 0.5) is 0 Å². The molecular formula is C40H31IS2. The van der Waals surface area contributed by atoms with E-state index in [2.05, 4.69) is 162 Å². The second-order valence-electron chi connectivity index (χ2n) is 11.0. The third-order valence-electron chi connectivity index (χ3n) is 8.04. The lowest BCUT2D eigenvalue weighted by Crippen LogP contribution is -1.90. The lowest BCUT2D eigenvalue weighted by molar-refractivity contribution is 1.36. The molecule has 210 valence electrons. The summed E-state index contributed by atoms with van der Waals surface area (Å²) in [5.41, 5.74) is 15.6. The van der Waals surface area contributed by atoms with Crippen LogP contribution in [0.25, 0.3) is 44.5 Å². The molecule has 0 aliphatic carbocycles. The van der Waals surface area contributed by atoms with Crippen molar-refractivity contribution in [3.8, 4) is 44.5 Å². The maximum atomic E-state index is 2.52. The van der Waals surface area contributed by atoms with Crippen LogP contribution < -0.4 is 0 Å². The molecule has 0 nitrogen and oxygen atoms in total. The van der Waals surface area contributed by atoms with Crippen molar-refractivity contribution in [3.63, 3.8) is 0 Å². The van der Waals surface area contributed by atoms with Crippen LogP contribution in [0.1, 0.15) is 22.3 Å². The molecule has 0 unspecified atom stereocenters. The maximum Gasteiger partial charge on any atom is 0.0287 e. The zero-order valence-electron chi connectivity index (χ0n) is 23.8. The van der Waals surface area contributed by atoms with Crippen LogP contribution in [0.2, 0.25) is 0 Å². The normalized spacial score (nSPS) is 13.1. The molecule has 7 aliphatic heterocycles. The van der Waals surface area contributed by atoms with Crippen molar-refractivity contribution in [2.45, 2.75) is 23.0 Å². The van der Waals surface area contributed by atoms with Gasteiger partial charge in [0, 0.05) is 26.6 Å². The van der Waals surface area contributed by atoms with Crippen LogP contribution in [-0.2, 0) is 23.0 Å². The topological polar surface area (TPSA) is 0 Å². The molecule has 0 aromatic heterocycles. The molecule has 0 atom stereocenters. The summed E-state index contributed by atoms with van der Waals surface area (Å²) in [6, 6.07) is 52.0. The SMILES string of the molecule is Ic1c2cccc1-c1ccc(cc1)CSCc1ccc(cc1)-c1cccc(c1)-c1ccc(cc1)CSCc1ccc-2cc1. The number of benzene rings is 6. The molecule has 7 aliphatic rings.